The van der Waals surface area contributed by atoms with Crippen LogP contribution < -0.4 is 10.9 Å². The Morgan fingerprint density at radius 2 is 1.90 bits per heavy atom. The van der Waals surface area contributed by atoms with Crippen LogP contribution in [0, 0.1) is 0 Å². The average molecular weight is 300 g/mol. The van der Waals surface area contributed by atoms with Crippen molar-refractivity contribution in [3.8, 4) is 0 Å². The fourth-order valence-electron chi connectivity index (χ4n) is 2.83. The van der Waals surface area contributed by atoms with Crippen molar-refractivity contribution in [2.45, 2.75) is 37.3 Å². The van der Waals surface area contributed by atoms with Gasteiger partial charge in [-0.3, -0.25) is 20.4 Å². The fourth-order valence-corrected chi connectivity index (χ4v) is 2.83. The van der Waals surface area contributed by atoms with Crippen LogP contribution in [0.2, 0.25) is 0 Å². The van der Waals surface area contributed by atoms with Crippen molar-refractivity contribution in [2.75, 3.05) is 0 Å². The molecule has 1 fully saturated rings. The maximum Gasteiger partial charge on any atom is 0.416 e. The molecule has 2 N–H and O–H groups in total. The first-order valence-electron chi connectivity index (χ1n) is 6.57. The van der Waals surface area contributed by atoms with Gasteiger partial charge in [0.25, 0.3) is 0 Å². The second-order valence-electron chi connectivity index (χ2n) is 5.08. The Kier molecular flexibility index (Phi) is 4.20. The lowest BCUT2D eigenvalue weighted by molar-refractivity contribution is -0.138. The summed E-state index contributed by atoms with van der Waals surface area (Å²) in [6.07, 6.45) is -1.71. The van der Waals surface area contributed by atoms with Gasteiger partial charge in [-0.25, -0.2) is 0 Å². The minimum absolute atomic E-state index is 0.312. The highest BCUT2D eigenvalue weighted by atomic mass is 19.4. The van der Waals surface area contributed by atoms with E-state index in [1.54, 1.807) is 0 Å². The summed E-state index contributed by atoms with van der Waals surface area (Å²) in [5.74, 6) is -0.480. The highest BCUT2D eigenvalue weighted by Gasteiger charge is 2.43. The summed E-state index contributed by atoms with van der Waals surface area (Å²) in [6, 6.07) is 4.83. The quantitative estimate of drug-likeness (QED) is 0.662. The number of hydrogen-bond donors (Lipinski definition) is 2. The highest BCUT2D eigenvalue weighted by Crippen LogP contribution is 2.42. The van der Waals surface area contributed by atoms with E-state index < -0.39 is 23.1 Å². The molecule has 7 heteroatoms. The van der Waals surface area contributed by atoms with Gasteiger partial charge in [0.1, 0.15) is 0 Å². The molecule has 1 aliphatic carbocycles. The van der Waals surface area contributed by atoms with E-state index >= 15 is 0 Å². The Balaban J connectivity index is 2.39. The molecule has 0 radical (unpaired) electrons. The summed E-state index contributed by atoms with van der Waals surface area (Å²) in [5, 5.41) is 0. The highest BCUT2D eigenvalue weighted by molar-refractivity contribution is 5.89. The Morgan fingerprint density at radius 3 is 2.48 bits per heavy atom. The predicted octanol–water partition coefficient (Wildman–Crippen LogP) is 2.29. The van der Waals surface area contributed by atoms with Crippen LogP contribution in [0.3, 0.4) is 0 Å². The molecule has 114 valence electrons. The number of benzene rings is 1. The van der Waals surface area contributed by atoms with Crippen molar-refractivity contribution in [3.63, 3.8) is 0 Å². The average Bonchev–Trinajstić information content (AvgIpc) is 2.95. The van der Waals surface area contributed by atoms with Crippen molar-refractivity contribution < 1.29 is 22.8 Å². The van der Waals surface area contributed by atoms with Crippen molar-refractivity contribution in [1.82, 2.24) is 10.9 Å². The molecule has 0 aliphatic heterocycles. The lowest BCUT2D eigenvalue weighted by Crippen LogP contribution is -2.48. The van der Waals surface area contributed by atoms with Gasteiger partial charge in [-0.2, -0.15) is 13.2 Å². The Hall–Kier alpha value is -2.05. The van der Waals surface area contributed by atoms with Crippen LogP contribution in [0.25, 0.3) is 0 Å². The topological polar surface area (TPSA) is 58.2 Å². The number of amides is 2. The van der Waals surface area contributed by atoms with Crippen LogP contribution in [0.5, 0.6) is 0 Å². The van der Waals surface area contributed by atoms with E-state index in [9.17, 15) is 22.8 Å². The summed E-state index contributed by atoms with van der Waals surface area (Å²) < 4.78 is 38.5. The van der Waals surface area contributed by atoms with Crippen molar-refractivity contribution in [3.05, 3.63) is 35.4 Å². The van der Waals surface area contributed by atoms with Crippen LogP contribution >= 0.6 is 0 Å². The lowest BCUT2D eigenvalue weighted by atomic mass is 9.77. The van der Waals surface area contributed by atoms with Crippen molar-refractivity contribution in [2.24, 2.45) is 0 Å². The van der Waals surface area contributed by atoms with E-state index in [0.717, 1.165) is 25.0 Å². The number of carbonyl (C=O) groups is 2. The minimum atomic E-state index is -4.45. The van der Waals surface area contributed by atoms with Gasteiger partial charge < -0.3 is 0 Å². The molecule has 0 saturated heterocycles. The fraction of sp³-hybridized carbons (Fsp3) is 0.429. The van der Waals surface area contributed by atoms with Crippen LogP contribution in [0.4, 0.5) is 13.2 Å². The first-order chi connectivity index (χ1) is 9.90. The van der Waals surface area contributed by atoms with E-state index in [4.69, 9.17) is 0 Å². The molecule has 0 bridgehead atoms. The van der Waals surface area contributed by atoms with E-state index in [2.05, 4.69) is 10.9 Å². The van der Waals surface area contributed by atoms with E-state index in [0.29, 0.717) is 24.8 Å². The van der Waals surface area contributed by atoms with E-state index in [1.807, 2.05) is 0 Å². The molecule has 0 heterocycles. The molecular formula is C14H15F3N2O2. The SMILES string of the molecule is O=CNNC(=O)C1(c2cccc(C(F)(F)F)c2)CCCC1. The molecule has 1 aromatic carbocycles. The second kappa shape index (κ2) is 5.75. The first-order valence-corrected chi connectivity index (χ1v) is 6.57. The zero-order chi connectivity index (χ0) is 15.5. The summed E-state index contributed by atoms with van der Waals surface area (Å²) in [5.41, 5.74) is 2.84. The van der Waals surface area contributed by atoms with Crippen molar-refractivity contribution >= 4 is 12.3 Å². The number of alkyl halides is 3. The van der Waals surface area contributed by atoms with Crippen molar-refractivity contribution in [1.29, 1.82) is 0 Å². The monoisotopic (exact) mass is 300 g/mol. The third-order valence-electron chi connectivity index (χ3n) is 3.88. The molecule has 0 aromatic heterocycles. The normalized spacial score (nSPS) is 17.3. The molecule has 1 saturated carbocycles. The smallest absolute Gasteiger partial charge is 0.277 e. The van der Waals surface area contributed by atoms with E-state index in [1.165, 1.54) is 12.1 Å². The number of hydrazine groups is 1. The third-order valence-corrected chi connectivity index (χ3v) is 3.88. The standard InChI is InChI=1S/C14H15F3N2O2/c15-14(16,17)11-5-3-4-10(8-11)13(6-1-2-7-13)12(21)19-18-9-20/h3-5,8-9H,1-2,6-7H2,(H,18,20)(H,19,21). The molecular weight excluding hydrogens is 285 g/mol. The summed E-state index contributed by atoms with van der Waals surface area (Å²) in [6.45, 7) is 0. The maximum atomic E-state index is 12.8. The lowest BCUT2D eigenvalue weighted by Gasteiger charge is -2.28. The largest absolute Gasteiger partial charge is 0.416 e. The number of carbonyl (C=O) groups excluding carboxylic acids is 2. The molecule has 4 nitrogen and oxygen atoms in total. The van der Waals surface area contributed by atoms with Crippen LogP contribution in [-0.2, 0) is 21.2 Å². The number of halogens is 3. The number of hydrogen-bond acceptors (Lipinski definition) is 2. The molecule has 1 aliphatic rings. The predicted molar refractivity (Wildman–Crippen MR) is 68.9 cm³/mol. The van der Waals surface area contributed by atoms with Gasteiger partial charge in [0.15, 0.2) is 0 Å². The van der Waals surface area contributed by atoms with Gasteiger partial charge in [-0.1, -0.05) is 31.0 Å². The van der Waals surface area contributed by atoms with Gasteiger partial charge in [0.05, 0.1) is 11.0 Å². The molecule has 0 unspecified atom stereocenters. The van der Waals surface area contributed by atoms with Gasteiger partial charge in [0, 0.05) is 0 Å². The Morgan fingerprint density at radius 1 is 1.24 bits per heavy atom. The van der Waals surface area contributed by atoms with Crippen LogP contribution in [-0.4, -0.2) is 12.3 Å². The third kappa shape index (κ3) is 3.01. The minimum Gasteiger partial charge on any atom is -0.277 e. The zero-order valence-electron chi connectivity index (χ0n) is 11.2. The second-order valence-corrected chi connectivity index (χ2v) is 5.08. The molecule has 0 atom stereocenters. The van der Waals surface area contributed by atoms with Gasteiger partial charge in [-0.15, -0.1) is 0 Å². The number of nitrogens with one attached hydrogen (secondary N) is 2. The van der Waals surface area contributed by atoms with E-state index in [-0.39, 0.29) is 0 Å². The van der Waals surface area contributed by atoms with Gasteiger partial charge in [0.2, 0.25) is 12.3 Å². The molecule has 21 heavy (non-hydrogen) atoms. The molecule has 2 rings (SSSR count). The number of rotatable bonds is 4. The summed E-state index contributed by atoms with van der Waals surface area (Å²) >= 11 is 0. The molecule has 2 amide bonds. The Labute approximate surface area is 119 Å². The van der Waals surface area contributed by atoms with Gasteiger partial charge >= 0.3 is 6.18 Å². The first kappa shape index (κ1) is 15.3. The summed E-state index contributed by atoms with van der Waals surface area (Å²) in [4.78, 5) is 22.5. The van der Waals surface area contributed by atoms with Gasteiger partial charge in [-0.05, 0) is 24.5 Å². The molecule has 1 aromatic rings. The molecule has 0 spiro atoms. The Bertz CT molecular complexity index is 537. The maximum absolute atomic E-state index is 12.8. The zero-order valence-corrected chi connectivity index (χ0v) is 11.2. The van der Waals surface area contributed by atoms with Crippen LogP contribution in [0.1, 0.15) is 36.8 Å². The van der Waals surface area contributed by atoms with Crippen LogP contribution in [0.15, 0.2) is 24.3 Å². The summed E-state index contributed by atoms with van der Waals surface area (Å²) in [7, 11) is 0.